The smallest absolute Gasteiger partial charge is 0.245 e. The number of hydrogen-bond acceptors (Lipinski definition) is 8. The van der Waals surface area contributed by atoms with E-state index in [0.717, 1.165) is 36.6 Å². The van der Waals surface area contributed by atoms with Crippen LogP contribution in [-0.4, -0.2) is 108 Å². The molecule has 6 N–H and O–H groups in total. The van der Waals surface area contributed by atoms with Crippen molar-refractivity contribution in [1.82, 2.24) is 36.8 Å². The second kappa shape index (κ2) is 22.8. The van der Waals surface area contributed by atoms with Gasteiger partial charge in [0.15, 0.2) is 0 Å². The third kappa shape index (κ3) is 13.7. The molecule has 0 spiro atoms. The predicted molar refractivity (Wildman–Crippen MR) is 205 cm³/mol. The van der Waals surface area contributed by atoms with Crippen LogP contribution in [0.2, 0.25) is 0 Å². The van der Waals surface area contributed by atoms with Gasteiger partial charge in [0.1, 0.15) is 36.3 Å². The van der Waals surface area contributed by atoms with E-state index >= 15 is 0 Å². The largest absolute Gasteiger partial charge is 0.357 e. The van der Waals surface area contributed by atoms with E-state index < -0.39 is 77.6 Å². The van der Waals surface area contributed by atoms with Gasteiger partial charge < -0.3 is 36.8 Å². The molecule has 3 rings (SSSR count). The summed E-state index contributed by atoms with van der Waals surface area (Å²) in [6.07, 6.45) is 6.28. The number of carbonyl (C=O) groups excluding carboxylic acids is 7. The Morgan fingerprint density at radius 1 is 0.736 bits per heavy atom. The van der Waals surface area contributed by atoms with Gasteiger partial charge in [-0.1, -0.05) is 89.6 Å². The van der Waals surface area contributed by atoms with Crippen molar-refractivity contribution in [1.29, 1.82) is 0 Å². The summed E-state index contributed by atoms with van der Waals surface area (Å²) in [4.78, 5) is 97.0. The second-order valence-electron chi connectivity index (χ2n) is 13.8. The first-order valence-corrected chi connectivity index (χ1v) is 20.3. The zero-order valence-corrected chi connectivity index (χ0v) is 32.5. The number of unbranched alkanes of at least 4 members (excludes halogenated alkanes) is 3. The van der Waals surface area contributed by atoms with Crippen molar-refractivity contribution in [2.45, 2.75) is 134 Å². The van der Waals surface area contributed by atoms with Crippen molar-refractivity contribution in [3.63, 3.8) is 0 Å². The summed E-state index contributed by atoms with van der Waals surface area (Å²) in [5.41, 5.74) is 0.799. The lowest BCUT2D eigenvalue weighted by molar-refractivity contribution is -0.142. The van der Waals surface area contributed by atoms with E-state index in [1.807, 2.05) is 51.1 Å². The minimum Gasteiger partial charge on any atom is -0.357 e. The molecule has 2 fully saturated rings. The molecule has 15 heteroatoms. The molecule has 2 saturated heterocycles. The summed E-state index contributed by atoms with van der Waals surface area (Å²) in [6, 6.07) is 3.44. The topological polar surface area (TPSA) is 195 Å². The predicted octanol–water partition coefficient (Wildman–Crippen LogP) is 1.71. The quantitative estimate of drug-likeness (QED) is 0.186. The van der Waals surface area contributed by atoms with Crippen molar-refractivity contribution in [2.75, 3.05) is 25.1 Å². The van der Waals surface area contributed by atoms with Crippen LogP contribution in [0, 0.1) is 0 Å². The first-order chi connectivity index (χ1) is 25.5. The van der Waals surface area contributed by atoms with Crippen molar-refractivity contribution in [2.24, 2.45) is 0 Å². The molecular weight excluding hydrogens is 699 g/mol. The number of fused-ring (bicyclic) bond motifs is 1. The Hall–Kier alpha value is -4.14. The van der Waals surface area contributed by atoms with Gasteiger partial charge in [-0.3, -0.25) is 33.6 Å². The second-order valence-corrected chi connectivity index (χ2v) is 14.8. The monoisotopic (exact) mass is 757 g/mol. The van der Waals surface area contributed by atoms with Crippen LogP contribution >= 0.6 is 11.8 Å². The molecule has 0 aliphatic carbocycles. The highest BCUT2D eigenvalue weighted by Gasteiger charge is 2.39. The minimum atomic E-state index is -1.02. The number of carbonyl (C=O) groups is 7. The number of amides is 7. The molecule has 1 aromatic rings. The van der Waals surface area contributed by atoms with Gasteiger partial charge in [-0.2, -0.15) is 0 Å². The van der Waals surface area contributed by atoms with Gasteiger partial charge in [0.2, 0.25) is 41.4 Å². The van der Waals surface area contributed by atoms with Crippen molar-refractivity contribution >= 4 is 53.1 Å². The molecular formula is C38H59N7O7S. The van der Waals surface area contributed by atoms with E-state index in [1.165, 1.54) is 11.9 Å². The van der Waals surface area contributed by atoms with Crippen LogP contribution < -0.4 is 31.9 Å². The minimum absolute atomic E-state index is 0.0582. The average molecular weight is 758 g/mol. The van der Waals surface area contributed by atoms with E-state index in [-0.39, 0.29) is 17.9 Å². The highest BCUT2D eigenvalue weighted by Crippen LogP contribution is 2.21. The molecule has 53 heavy (non-hydrogen) atoms. The van der Waals surface area contributed by atoms with Gasteiger partial charge in [-0.05, 0) is 37.7 Å². The first kappa shape index (κ1) is 43.3. The molecule has 2 heterocycles. The van der Waals surface area contributed by atoms with Gasteiger partial charge in [0, 0.05) is 25.8 Å². The fourth-order valence-electron chi connectivity index (χ4n) is 6.53. The Balaban J connectivity index is 2.01. The Morgan fingerprint density at radius 2 is 1.28 bits per heavy atom. The van der Waals surface area contributed by atoms with Gasteiger partial charge in [-0.25, -0.2) is 0 Å². The number of nitrogens with zero attached hydrogens (tertiary/aromatic N) is 1. The molecule has 294 valence electrons. The maximum absolute atomic E-state index is 14.1. The van der Waals surface area contributed by atoms with Gasteiger partial charge in [0.25, 0.3) is 0 Å². The normalized spacial score (nSPS) is 25.5. The number of benzene rings is 1. The molecule has 0 saturated carbocycles. The molecule has 0 aromatic heterocycles. The van der Waals surface area contributed by atoms with Crippen molar-refractivity contribution in [3.05, 3.63) is 35.9 Å². The molecule has 2 aliphatic rings. The zero-order valence-electron chi connectivity index (χ0n) is 31.7. The Kier molecular flexibility index (Phi) is 18.6. The van der Waals surface area contributed by atoms with E-state index in [0.29, 0.717) is 57.9 Å². The highest BCUT2D eigenvalue weighted by atomic mass is 32.2. The molecule has 2 aliphatic heterocycles. The standard InChI is InChI=1S/C38H59N7O7S/c1-5-8-17-26-34(48)41-27(18-9-6-2)35(49)43-28(19-10-7-3)38(52)45-21-14-20-31(45)37(51)44-30(33(47)39-4)23-53-24-32(46)40-29(36(50)42-26)22-25-15-12-11-13-16-25/h11-13,15-16,26-31H,5-10,14,17-24H2,1-4H3,(H,39,47)(H,40,46)(H,41,48)(H,42,50)(H,43,49)(H,44,51)/t26-,27-,28-,29-,30+,31+/m0/s1. The van der Waals surface area contributed by atoms with Crippen LogP contribution in [-0.2, 0) is 40.0 Å². The lowest BCUT2D eigenvalue weighted by atomic mass is 10.0. The van der Waals surface area contributed by atoms with Crippen LogP contribution in [0.1, 0.15) is 97.0 Å². The van der Waals surface area contributed by atoms with Crippen LogP contribution in [0.25, 0.3) is 0 Å². The van der Waals surface area contributed by atoms with Gasteiger partial charge >= 0.3 is 0 Å². The van der Waals surface area contributed by atoms with E-state index in [9.17, 15) is 33.6 Å². The number of likely N-dealkylation sites (N-methyl/N-ethyl adjacent to an activating group) is 1. The summed E-state index contributed by atoms with van der Waals surface area (Å²) >= 11 is 1.12. The Labute approximate surface area is 317 Å². The molecule has 0 radical (unpaired) electrons. The molecule has 0 bridgehead atoms. The molecule has 6 atom stereocenters. The Morgan fingerprint density at radius 3 is 1.85 bits per heavy atom. The number of thioether (sulfide) groups is 1. The molecule has 1 aromatic carbocycles. The number of hydrogen-bond donors (Lipinski definition) is 6. The third-order valence-corrected chi connectivity index (χ3v) is 10.6. The average Bonchev–Trinajstić information content (AvgIpc) is 3.65. The summed E-state index contributed by atoms with van der Waals surface area (Å²) in [5.74, 6) is -3.45. The van der Waals surface area contributed by atoms with Crippen molar-refractivity contribution < 1.29 is 33.6 Å². The summed E-state index contributed by atoms with van der Waals surface area (Å²) < 4.78 is 0. The molecule has 0 unspecified atom stereocenters. The van der Waals surface area contributed by atoms with E-state index in [1.54, 1.807) is 0 Å². The third-order valence-electron chi connectivity index (χ3n) is 9.59. The summed E-state index contributed by atoms with van der Waals surface area (Å²) in [5, 5.41) is 16.8. The Bertz CT molecular complexity index is 1400. The van der Waals surface area contributed by atoms with E-state index in [4.69, 9.17) is 0 Å². The van der Waals surface area contributed by atoms with E-state index in [2.05, 4.69) is 31.9 Å². The number of nitrogens with one attached hydrogen (secondary N) is 6. The van der Waals surface area contributed by atoms with Crippen LogP contribution in [0.3, 0.4) is 0 Å². The fourth-order valence-corrected chi connectivity index (χ4v) is 7.39. The molecule has 14 nitrogen and oxygen atoms in total. The zero-order chi connectivity index (χ0) is 38.8. The first-order valence-electron chi connectivity index (χ1n) is 19.2. The fraction of sp³-hybridized carbons (Fsp3) is 0.658. The highest BCUT2D eigenvalue weighted by molar-refractivity contribution is 8.00. The SMILES string of the molecule is CCCC[C@@H]1NC(=O)[C@H](Cc2ccccc2)NC(=O)CSC[C@H](C(=O)NC)NC(=O)[C@H]2CCCN2C(=O)[C@H](CCCC)NC(=O)[C@H](CCCC)NC1=O. The van der Waals surface area contributed by atoms with Crippen LogP contribution in [0.15, 0.2) is 30.3 Å². The molecule has 7 amide bonds. The van der Waals surface area contributed by atoms with Gasteiger partial charge in [-0.15, -0.1) is 11.8 Å². The lowest BCUT2D eigenvalue weighted by Gasteiger charge is -2.31. The number of rotatable bonds is 12. The van der Waals surface area contributed by atoms with Crippen molar-refractivity contribution in [3.8, 4) is 0 Å². The van der Waals surface area contributed by atoms with Crippen LogP contribution in [0.5, 0.6) is 0 Å². The summed E-state index contributed by atoms with van der Waals surface area (Å²) in [6.45, 7) is 6.23. The maximum Gasteiger partial charge on any atom is 0.245 e. The lowest BCUT2D eigenvalue weighted by Crippen LogP contribution is -2.59. The van der Waals surface area contributed by atoms with Crippen LogP contribution in [0.4, 0.5) is 0 Å². The maximum atomic E-state index is 14.1. The van der Waals surface area contributed by atoms with Gasteiger partial charge in [0.05, 0.1) is 5.75 Å². The summed E-state index contributed by atoms with van der Waals surface area (Å²) in [7, 11) is 1.45.